The molecule has 1 amide bonds. The third-order valence-corrected chi connectivity index (χ3v) is 6.77. The monoisotopic (exact) mass is 595 g/mol. The summed E-state index contributed by atoms with van der Waals surface area (Å²) < 4.78 is 7.93. The lowest BCUT2D eigenvalue weighted by Gasteiger charge is -2.19. The Kier molecular flexibility index (Phi) is 8.10. The number of tetrazole rings is 1. The fourth-order valence-electron chi connectivity index (χ4n) is 4.28. The summed E-state index contributed by atoms with van der Waals surface area (Å²) in [5, 5.41) is 21.5. The van der Waals surface area contributed by atoms with Gasteiger partial charge in [-0.15, -0.1) is 5.10 Å². The van der Waals surface area contributed by atoms with Crippen LogP contribution < -0.4 is 10.5 Å². The van der Waals surface area contributed by atoms with Crippen molar-refractivity contribution in [2.24, 2.45) is 0 Å². The van der Waals surface area contributed by atoms with Crippen LogP contribution in [0.4, 0.5) is 10.5 Å². The molecule has 0 atom stereocenters. The van der Waals surface area contributed by atoms with Crippen LogP contribution in [0.15, 0.2) is 59.7 Å². The molecule has 0 spiro atoms. The molecule has 41 heavy (non-hydrogen) atoms. The van der Waals surface area contributed by atoms with Gasteiger partial charge in [-0.3, -0.25) is 14.3 Å². The van der Waals surface area contributed by atoms with Gasteiger partial charge in [0.2, 0.25) is 0 Å². The number of rotatable bonds is 9. The van der Waals surface area contributed by atoms with Crippen molar-refractivity contribution in [3.8, 4) is 28.2 Å². The molecule has 2 aromatic carbocycles. The molecule has 0 saturated carbocycles. The van der Waals surface area contributed by atoms with E-state index in [1.165, 1.54) is 33.7 Å². The van der Waals surface area contributed by atoms with Gasteiger partial charge in [0.15, 0.2) is 5.15 Å². The number of H-pyrrole nitrogens is 1. The van der Waals surface area contributed by atoms with E-state index in [1.807, 2.05) is 0 Å². The smallest absolute Gasteiger partial charge is 0.411 e. The third-order valence-electron chi connectivity index (χ3n) is 6.26. The zero-order chi connectivity index (χ0) is 29.1. The maximum absolute atomic E-state index is 13.2. The third kappa shape index (κ3) is 5.96. The van der Waals surface area contributed by atoms with Crippen LogP contribution in [0, 0.1) is 6.92 Å². The molecule has 13 nitrogen and oxygen atoms in total. The first-order chi connectivity index (χ1) is 19.7. The molecule has 15 heteroatoms. The molecule has 0 bridgehead atoms. The van der Waals surface area contributed by atoms with E-state index in [2.05, 4.69) is 30.5 Å². The Bertz CT molecular complexity index is 1750. The fourth-order valence-corrected chi connectivity index (χ4v) is 4.71. The molecule has 0 radical (unpaired) electrons. The van der Waals surface area contributed by atoms with Crippen LogP contribution in [0.5, 0.6) is 0 Å². The Morgan fingerprint density at radius 3 is 2.56 bits per heavy atom. The first kappa shape index (κ1) is 28.0. The van der Waals surface area contributed by atoms with Crippen LogP contribution in [-0.2, 0) is 11.3 Å². The van der Waals surface area contributed by atoms with E-state index in [9.17, 15) is 14.7 Å². The number of ether oxygens (including phenoxy) is 1. The largest absolute Gasteiger partial charge is 0.465 e. The Labute approximate surface area is 243 Å². The number of hydrogen-bond acceptors (Lipinski definition) is 8. The van der Waals surface area contributed by atoms with Gasteiger partial charge in [0.1, 0.15) is 18.0 Å². The van der Waals surface area contributed by atoms with Crippen molar-refractivity contribution in [1.29, 1.82) is 0 Å². The molecule has 0 unspecified atom stereocenters. The zero-order valence-electron chi connectivity index (χ0n) is 21.8. The number of nitrogens with one attached hydrogen (secondary N) is 1. The molecule has 5 rings (SSSR count). The number of anilines is 1. The summed E-state index contributed by atoms with van der Waals surface area (Å²) in [6, 6.07) is 13.4. The van der Waals surface area contributed by atoms with Crippen molar-refractivity contribution in [3.63, 3.8) is 0 Å². The minimum atomic E-state index is -1.08. The molecule has 0 aliphatic carbocycles. The standard InChI is InChI=1S/C26H23Cl2N9O4/c1-15-30-20(19-11-17(27)5-8-21(19)37-14-29-33-34-37)12-23(38)36(15)13-22-31-24(25(28)32-22)16-3-6-18(7-4-16)35(26(39)40)9-10-41-2/h3-8,11-12,14H,9-10,13H2,1-2H3,(H,31,32)(H,39,40). The van der Waals surface area contributed by atoms with E-state index in [0.717, 1.165) is 0 Å². The average molecular weight is 596 g/mol. The lowest BCUT2D eigenvalue weighted by Crippen LogP contribution is -2.32. The number of nitrogens with zero attached hydrogens (tertiary/aromatic N) is 8. The quantitative estimate of drug-likeness (QED) is 0.256. The second kappa shape index (κ2) is 11.9. The van der Waals surface area contributed by atoms with E-state index < -0.39 is 6.09 Å². The van der Waals surface area contributed by atoms with E-state index in [0.29, 0.717) is 50.6 Å². The van der Waals surface area contributed by atoms with E-state index >= 15 is 0 Å². The summed E-state index contributed by atoms with van der Waals surface area (Å²) in [5.74, 6) is 0.886. The average Bonchev–Trinajstić information content (AvgIpc) is 3.61. The van der Waals surface area contributed by atoms with Crippen molar-refractivity contribution in [1.82, 2.24) is 39.7 Å². The van der Waals surface area contributed by atoms with E-state index in [1.54, 1.807) is 49.4 Å². The normalized spacial score (nSPS) is 11.1. The number of benzene rings is 2. The SMILES string of the molecule is COCCN(C(=O)O)c1ccc(-c2[nH]c(Cn3c(C)nc(-c4cc(Cl)ccc4-n4cnnn4)cc3=O)nc2Cl)cc1. The molecule has 3 heterocycles. The number of carbonyl (C=O) groups is 1. The van der Waals surface area contributed by atoms with Crippen LogP contribution in [0.3, 0.4) is 0 Å². The predicted molar refractivity (Wildman–Crippen MR) is 152 cm³/mol. The first-order valence-electron chi connectivity index (χ1n) is 12.2. The van der Waals surface area contributed by atoms with Gasteiger partial charge in [-0.05, 0) is 47.7 Å². The molecule has 0 fully saturated rings. The molecule has 2 N–H and O–H groups in total. The van der Waals surface area contributed by atoms with Gasteiger partial charge in [0.05, 0.1) is 36.8 Å². The number of carboxylic acid groups (broad SMARTS) is 1. The second-order valence-corrected chi connectivity index (χ2v) is 9.65. The Hall–Kier alpha value is -4.59. The van der Waals surface area contributed by atoms with E-state index in [4.69, 9.17) is 27.9 Å². The highest BCUT2D eigenvalue weighted by atomic mass is 35.5. The molecule has 0 saturated heterocycles. The van der Waals surface area contributed by atoms with Gasteiger partial charge in [0, 0.05) is 35.0 Å². The summed E-state index contributed by atoms with van der Waals surface area (Å²) in [5.41, 5.74) is 3.03. The van der Waals surface area contributed by atoms with Crippen molar-refractivity contribution < 1.29 is 14.6 Å². The summed E-state index contributed by atoms with van der Waals surface area (Å²) >= 11 is 12.7. The second-order valence-electron chi connectivity index (χ2n) is 8.85. The number of amides is 1. The summed E-state index contributed by atoms with van der Waals surface area (Å²) in [4.78, 5) is 38.2. The number of aromatic nitrogens is 8. The van der Waals surface area contributed by atoms with Gasteiger partial charge < -0.3 is 14.8 Å². The van der Waals surface area contributed by atoms with Crippen LogP contribution in [-0.4, -0.2) is 71.2 Å². The highest BCUT2D eigenvalue weighted by molar-refractivity contribution is 6.32. The van der Waals surface area contributed by atoms with Crippen LogP contribution >= 0.6 is 23.2 Å². The maximum Gasteiger partial charge on any atom is 0.411 e. The topological polar surface area (TPSA) is 157 Å². The Balaban J connectivity index is 1.41. The lowest BCUT2D eigenvalue weighted by atomic mass is 10.1. The van der Waals surface area contributed by atoms with Crippen molar-refractivity contribution in [3.05, 3.63) is 87.0 Å². The Morgan fingerprint density at radius 1 is 1.12 bits per heavy atom. The number of methoxy groups -OCH3 is 1. The molecule has 210 valence electrons. The van der Waals surface area contributed by atoms with Crippen LogP contribution in [0.25, 0.3) is 28.2 Å². The number of hydrogen-bond donors (Lipinski definition) is 2. The molecule has 0 aliphatic rings. The fraction of sp³-hybridized carbons (Fsp3) is 0.192. The molecular weight excluding hydrogens is 573 g/mol. The van der Waals surface area contributed by atoms with Gasteiger partial charge in [-0.2, -0.15) is 4.68 Å². The molecule has 3 aromatic heterocycles. The van der Waals surface area contributed by atoms with Gasteiger partial charge in [-0.25, -0.2) is 14.8 Å². The minimum absolute atomic E-state index is 0.0922. The van der Waals surface area contributed by atoms with Crippen LogP contribution in [0.2, 0.25) is 10.2 Å². The number of imidazole rings is 1. The highest BCUT2D eigenvalue weighted by Crippen LogP contribution is 2.29. The molecule has 0 aliphatic heterocycles. The van der Waals surface area contributed by atoms with Gasteiger partial charge in [0.25, 0.3) is 5.56 Å². The lowest BCUT2D eigenvalue weighted by molar-refractivity contribution is 0.186. The molecular formula is C26H23Cl2N9O4. The van der Waals surface area contributed by atoms with E-state index in [-0.39, 0.29) is 30.4 Å². The highest BCUT2D eigenvalue weighted by Gasteiger charge is 2.18. The predicted octanol–water partition coefficient (Wildman–Crippen LogP) is 4.07. The van der Waals surface area contributed by atoms with Crippen molar-refractivity contribution >= 4 is 35.0 Å². The zero-order valence-corrected chi connectivity index (χ0v) is 23.3. The number of aromatic amines is 1. The van der Waals surface area contributed by atoms with Crippen molar-refractivity contribution in [2.75, 3.05) is 25.2 Å². The number of aryl methyl sites for hydroxylation is 1. The maximum atomic E-state index is 13.2. The molecule has 5 aromatic rings. The van der Waals surface area contributed by atoms with Crippen LogP contribution in [0.1, 0.15) is 11.6 Å². The summed E-state index contributed by atoms with van der Waals surface area (Å²) in [7, 11) is 1.51. The first-order valence-corrected chi connectivity index (χ1v) is 13.0. The summed E-state index contributed by atoms with van der Waals surface area (Å²) in [6.45, 7) is 2.26. The van der Waals surface area contributed by atoms with Gasteiger partial charge >= 0.3 is 6.09 Å². The number of halogens is 2. The van der Waals surface area contributed by atoms with Gasteiger partial charge in [-0.1, -0.05) is 35.3 Å². The van der Waals surface area contributed by atoms with Crippen molar-refractivity contribution in [2.45, 2.75) is 13.5 Å². The minimum Gasteiger partial charge on any atom is -0.465 e. The summed E-state index contributed by atoms with van der Waals surface area (Å²) in [6.07, 6.45) is 0.356. The Morgan fingerprint density at radius 2 is 1.90 bits per heavy atom.